The van der Waals surface area contributed by atoms with Gasteiger partial charge in [-0.15, -0.1) is 0 Å². The van der Waals surface area contributed by atoms with E-state index < -0.39 is 0 Å². The zero-order chi connectivity index (χ0) is 25.6. The molecule has 4 aromatic carbocycles. The van der Waals surface area contributed by atoms with E-state index in [0.29, 0.717) is 28.6 Å². The Morgan fingerprint density at radius 2 is 1.08 bits per heavy atom. The fourth-order valence-corrected chi connectivity index (χ4v) is 4.14. The molecule has 1 heterocycles. The van der Waals surface area contributed by atoms with Crippen LogP contribution in [0.4, 0.5) is 4.39 Å². The minimum Gasteiger partial charge on any atom is -0.208 e. The lowest BCUT2D eigenvalue weighted by atomic mass is 9.95. The molecule has 180 valence electrons. The summed E-state index contributed by atoms with van der Waals surface area (Å²) < 4.78 is 15.9. The molecule has 0 saturated carbocycles. The van der Waals surface area contributed by atoms with Gasteiger partial charge in [0.05, 0.1) is 0 Å². The summed E-state index contributed by atoms with van der Waals surface area (Å²) in [5.41, 5.74) is 5.12. The van der Waals surface area contributed by atoms with E-state index in [-0.39, 0.29) is 5.82 Å². The Morgan fingerprint density at radius 1 is 0.622 bits per heavy atom. The third-order valence-corrected chi connectivity index (χ3v) is 6.08. The molecule has 1 aromatic heterocycles. The number of hydrogen-bond donors (Lipinski definition) is 0. The van der Waals surface area contributed by atoms with Gasteiger partial charge in [0.2, 0.25) is 0 Å². The summed E-state index contributed by atoms with van der Waals surface area (Å²) in [5, 5.41) is 0. The minimum absolute atomic E-state index is 0.270. The summed E-state index contributed by atoms with van der Waals surface area (Å²) in [5.74, 6) is 1.36. The van der Waals surface area contributed by atoms with Gasteiger partial charge in [-0.3, -0.25) is 0 Å². The Labute approximate surface area is 216 Å². The van der Waals surface area contributed by atoms with Crippen LogP contribution in [0, 0.1) is 5.82 Å². The molecule has 0 aliphatic rings. The van der Waals surface area contributed by atoms with Gasteiger partial charge in [-0.2, -0.15) is 0 Å². The van der Waals surface area contributed by atoms with Crippen LogP contribution in [-0.4, -0.2) is 15.0 Å². The summed E-state index contributed by atoms with van der Waals surface area (Å²) in [4.78, 5) is 14.5. The van der Waals surface area contributed by atoms with Crippen molar-refractivity contribution in [3.8, 4) is 45.3 Å². The molecule has 0 atom stereocenters. The maximum atomic E-state index is 15.9. The summed E-state index contributed by atoms with van der Waals surface area (Å²) in [7, 11) is 0. The van der Waals surface area contributed by atoms with Gasteiger partial charge in [0, 0.05) is 27.8 Å². The smallest absolute Gasteiger partial charge is 0.164 e. The lowest BCUT2D eigenvalue weighted by Gasteiger charge is -2.14. The number of rotatable bonds is 6. The first-order chi connectivity index (χ1) is 18.1. The molecule has 0 N–H and O–H groups in total. The Morgan fingerprint density at radius 3 is 1.57 bits per heavy atom. The van der Waals surface area contributed by atoms with Crippen LogP contribution in [-0.2, 0) is 0 Å². The van der Waals surface area contributed by atoms with Crippen molar-refractivity contribution in [2.45, 2.75) is 13.8 Å². The van der Waals surface area contributed by atoms with Crippen LogP contribution >= 0.6 is 0 Å². The fourth-order valence-electron chi connectivity index (χ4n) is 4.14. The van der Waals surface area contributed by atoms with Crippen LogP contribution in [0.5, 0.6) is 0 Å². The van der Waals surface area contributed by atoms with Crippen molar-refractivity contribution in [2.75, 3.05) is 0 Å². The molecule has 5 rings (SSSR count). The van der Waals surface area contributed by atoms with Gasteiger partial charge in [0.25, 0.3) is 0 Å². The molecule has 0 spiro atoms. The van der Waals surface area contributed by atoms with Gasteiger partial charge >= 0.3 is 0 Å². The first kappa shape index (κ1) is 24.0. The Hall–Kier alpha value is -4.70. The molecule has 0 radical (unpaired) electrons. The maximum Gasteiger partial charge on any atom is 0.164 e. The molecule has 5 aromatic rings. The van der Waals surface area contributed by atoms with Crippen molar-refractivity contribution in [3.63, 3.8) is 0 Å². The van der Waals surface area contributed by atoms with Crippen LogP contribution < -0.4 is 0 Å². The zero-order valence-electron chi connectivity index (χ0n) is 20.8. The third-order valence-electron chi connectivity index (χ3n) is 6.08. The molecular formula is C33H26FN3. The van der Waals surface area contributed by atoms with Gasteiger partial charge < -0.3 is 0 Å². The molecule has 0 aliphatic heterocycles. The Balaban J connectivity index is 1.77. The Kier molecular flexibility index (Phi) is 7.09. The van der Waals surface area contributed by atoms with Crippen LogP contribution in [0.1, 0.15) is 19.4 Å². The number of aromatic nitrogens is 3. The lowest BCUT2D eigenvalue weighted by Crippen LogP contribution is -2.02. The molecule has 3 nitrogen and oxygen atoms in total. The van der Waals surface area contributed by atoms with Gasteiger partial charge in [-0.05, 0) is 37.1 Å². The highest BCUT2D eigenvalue weighted by Crippen LogP contribution is 2.34. The first-order valence-electron chi connectivity index (χ1n) is 12.2. The number of hydrogen-bond acceptors (Lipinski definition) is 3. The van der Waals surface area contributed by atoms with Gasteiger partial charge in [0.1, 0.15) is 5.82 Å². The van der Waals surface area contributed by atoms with E-state index in [9.17, 15) is 0 Å². The van der Waals surface area contributed by atoms with E-state index in [1.807, 2.05) is 135 Å². The first-order valence-corrected chi connectivity index (χ1v) is 12.2. The molecule has 0 amide bonds. The SMILES string of the molecule is C/C=C\C=C(/C)c1cc(-c2nc(-c3ccccc3)nc(-c3ccccc3)n2)cc(-c2ccccc2)c1F. The monoisotopic (exact) mass is 483 g/mol. The molecule has 4 heteroatoms. The average molecular weight is 484 g/mol. The van der Waals surface area contributed by atoms with E-state index in [4.69, 9.17) is 15.0 Å². The zero-order valence-corrected chi connectivity index (χ0v) is 20.8. The molecular weight excluding hydrogens is 457 g/mol. The summed E-state index contributed by atoms with van der Waals surface area (Å²) in [6, 6.07) is 32.9. The second-order valence-electron chi connectivity index (χ2n) is 8.67. The molecule has 0 fully saturated rings. The van der Waals surface area contributed by atoms with Gasteiger partial charge in [-0.1, -0.05) is 109 Å². The highest BCUT2D eigenvalue weighted by Gasteiger charge is 2.18. The molecule has 0 saturated heterocycles. The number of halogens is 1. The standard InChI is InChI=1S/C33H26FN3/c1-3-4-14-23(2)28-21-27(22-29(30(28)34)24-15-8-5-9-16-24)33-36-31(25-17-10-6-11-18-25)35-32(37-33)26-19-12-7-13-20-26/h3-22H,1-2H3/b4-3-,23-14+. The third kappa shape index (κ3) is 5.29. The van der Waals surface area contributed by atoms with E-state index in [2.05, 4.69) is 0 Å². The van der Waals surface area contributed by atoms with Crippen LogP contribution in [0.25, 0.3) is 50.9 Å². The van der Waals surface area contributed by atoms with Crippen molar-refractivity contribution in [1.82, 2.24) is 15.0 Å². The van der Waals surface area contributed by atoms with E-state index in [1.165, 1.54) is 0 Å². The normalized spacial score (nSPS) is 11.7. The second kappa shape index (κ2) is 10.9. The van der Waals surface area contributed by atoms with E-state index >= 15 is 4.39 Å². The van der Waals surface area contributed by atoms with Crippen molar-refractivity contribution in [1.29, 1.82) is 0 Å². The van der Waals surface area contributed by atoms with Gasteiger partial charge in [-0.25, -0.2) is 19.3 Å². The highest BCUT2D eigenvalue weighted by atomic mass is 19.1. The summed E-state index contributed by atoms with van der Waals surface area (Å²) >= 11 is 0. The van der Waals surface area contributed by atoms with Crippen LogP contribution in [0.3, 0.4) is 0 Å². The predicted molar refractivity (Wildman–Crippen MR) is 150 cm³/mol. The highest BCUT2D eigenvalue weighted by molar-refractivity contribution is 5.80. The quantitative estimate of drug-likeness (QED) is 0.227. The topological polar surface area (TPSA) is 38.7 Å². The van der Waals surface area contributed by atoms with Crippen molar-refractivity contribution in [2.24, 2.45) is 0 Å². The Bertz CT molecular complexity index is 1520. The van der Waals surface area contributed by atoms with Crippen molar-refractivity contribution >= 4 is 5.57 Å². The average Bonchev–Trinajstić information content (AvgIpc) is 2.97. The number of allylic oxidation sites excluding steroid dienone is 4. The predicted octanol–water partition coefficient (Wildman–Crippen LogP) is 8.66. The summed E-state index contributed by atoms with van der Waals surface area (Å²) in [6.07, 6.45) is 5.75. The van der Waals surface area contributed by atoms with Crippen LogP contribution in [0.2, 0.25) is 0 Å². The number of nitrogens with zero attached hydrogens (tertiary/aromatic N) is 3. The molecule has 0 unspecified atom stereocenters. The van der Waals surface area contributed by atoms with Gasteiger partial charge in [0.15, 0.2) is 17.5 Å². The van der Waals surface area contributed by atoms with Crippen LogP contribution in [0.15, 0.2) is 121 Å². The minimum atomic E-state index is -0.270. The van der Waals surface area contributed by atoms with E-state index in [1.54, 1.807) is 0 Å². The fraction of sp³-hybridized carbons (Fsp3) is 0.0606. The lowest BCUT2D eigenvalue weighted by molar-refractivity contribution is 0.627. The number of benzene rings is 4. The maximum absolute atomic E-state index is 15.9. The molecule has 0 bridgehead atoms. The van der Waals surface area contributed by atoms with Crippen molar-refractivity contribution in [3.05, 3.63) is 133 Å². The van der Waals surface area contributed by atoms with Crippen molar-refractivity contribution < 1.29 is 4.39 Å². The largest absolute Gasteiger partial charge is 0.208 e. The van der Waals surface area contributed by atoms with E-state index in [0.717, 1.165) is 27.8 Å². The summed E-state index contributed by atoms with van der Waals surface area (Å²) in [6.45, 7) is 3.85. The second-order valence-corrected chi connectivity index (χ2v) is 8.67. The molecule has 37 heavy (non-hydrogen) atoms. The molecule has 0 aliphatic carbocycles.